The molecule has 0 saturated carbocycles. The van der Waals surface area contributed by atoms with Crippen molar-refractivity contribution in [1.82, 2.24) is 0 Å². The van der Waals surface area contributed by atoms with Gasteiger partial charge in [-0.05, 0) is 6.42 Å². The van der Waals surface area contributed by atoms with Gasteiger partial charge in [0.15, 0.2) is 0 Å². The first-order valence-electron chi connectivity index (χ1n) is 6.81. The molecule has 0 heterocycles. The maximum Gasteiger partial charge on any atom is 0.0539 e. The average molecular weight is 230 g/mol. The van der Waals surface area contributed by atoms with Crippen LogP contribution in [-0.2, 0) is 4.74 Å². The van der Waals surface area contributed by atoms with Gasteiger partial charge in [-0.25, -0.2) is 0 Å². The summed E-state index contributed by atoms with van der Waals surface area (Å²) in [6.45, 7) is 8.01. The van der Waals surface area contributed by atoms with Crippen LogP contribution in [0.4, 0.5) is 0 Å². The normalized spacial score (nSPS) is 12.0. The molecule has 0 saturated heterocycles. The molecule has 0 aromatic heterocycles. The molecule has 2 heteroatoms. The zero-order chi connectivity index (χ0) is 12.3. The third-order valence-electron chi connectivity index (χ3n) is 2.81. The first kappa shape index (κ1) is 15.9. The van der Waals surface area contributed by atoms with Crippen LogP contribution >= 0.6 is 0 Å². The van der Waals surface area contributed by atoms with Crippen LogP contribution in [0.5, 0.6) is 0 Å². The molecule has 98 valence electrons. The molecule has 16 heavy (non-hydrogen) atoms. The van der Waals surface area contributed by atoms with Gasteiger partial charge in [-0.2, -0.15) is 0 Å². The number of hydrogen-bond donors (Lipinski definition) is 1. The van der Waals surface area contributed by atoms with Gasteiger partial charge in [-0.3, -0.25) is 0 Å². The number of aliphatic hydroxyl groups is 1. The Morgan fingerprint density at radius 3 is 2.06 bits per heavy atom. The second-order valence-electron chi connectivity index (χ2n) is 5.50. The molecule has 0 bridgehead atoms. The van der Waals surface area contributed by atoms with Crippen LogP contribution in [0.3, 0.4) is 0 Å². The Morgan fingerprint density at radius 2 is 1.50 bits per heavy atom. The quantitative estimate of drug-likeness (QED) is 0.547. The molecule has 0 aliphatic carbocycles. The van der Waals surface area contributed by atoms with E-state index in [4.69, 9.17) is 9.84 Å². The number of hydrogen-bond acceptors (Lipinski definition) is 2. The summed E-state index contributed by atoms with van der Waals surface area (Å²) in [6.07, 6.45) is 9.23. The van der Waals surface area contributed by atoms with Crippen molar-refractivity contribution in [1.29, 1.82) is 0 Å². The van der Waals surface area contributed by atoms with Gasteiger partial charge in [-0.1, -0.05) is 59.3 Å². The zero-order valence-corrected chi connectivity index (χ0v) is 11.4. The molecule has 0 aliphatic heterocycles. The molecule has 0 amide bonds. The fraction of sp³-hybridized carbons (Fsp3) is 1.00. The van der Waals surface area contributed by atoms with Gasteiger partial charge < -0.3 is 9.84 Å². The lowest BCUT2D eigenvalue weighted by molar-refractivity contribution is 0.0265. The Labute approximate surface area is 101 Å². The van der Waals surface area contributed by atoms with Crippen molar-refractivity contribution in [3.8, 4) is 0 Å². The summed E-state index contributed by atoms with van der Waals surface area (Å²) in [6, 6.07) is 0. The van der Waals surface area contributed by atoms with E-state index >= 15 is 0 Å². The average Bonchev–Trinajstić information content (AvgIpc) is 2.27. The predicted molar refractivity (Wildman–Crippen MR) is 69.7 cm³/mol. The van der Waals surface area contributed by atoms with Gasteiger partial charge in [0.1, 0.15) is 0 Å². The summed E-state index contributed by atoms with van der Waals surface area (Å²) < 4.78 is 5.56. The van der Waals surface area contributed by atoms with Crippen LogP contribution in [0.2, 0.25) is 0 Å². The van der Waals surface area contributed by atoms with Crippen molar-refractivity contribution in [2.75, 3.05) is 19.8 Å². The minimum atomic E-state index is -0.0822. The molecular formula is C14H30O2. The Bertz CT molecular complexity index is 144. The lowest BCUT2D eigenvalue weighted by Gasteiger charge is -2.21. The van der Waals surface area contributed by atoms with Crippen LogP contribution in [-0.4, -0.2) is 24.9 Å². The van der Waals surface area contributed by atoms with E-state index in [2.05, 4.69) is 6.92 Å². The van der Waals surface area contributed by atoms with Gasteiger partial charge in [0, 0.05) is 12.0 Å². The molecule has 0 aromatic carbocycles. The molecule has 0 rings (SSSR count). The molecule has 0 atom stereocenters. The number of ether oxygens (including phenoxy) is 1. The van der Waals surface area contributed by atoms with E-state index in [9.17, 15) is 0 Å². The highest BCUT2D eigenvalue weighted by molar-refractivity contribution is 4.65. The Morgan fingerprint density at radius 1 is 0.938 bits per heavy atom. The van der Waals surface area contributed by atoms with Gasteiger partial charge >= 0.3 is 0 Å². The summed E-state index contributed by atoms with van der Waals surface area (Å²) in [7, 11) is 0. The first-order valence-corrected chi connectivity index (χ1v) is 6.81. The summed E-state index contributed by atoms with van der Waals surface area (Å²) in [4.78, 5) is 0. The van der Waals surface area contributed by atoms with Gasteiger partial charge in [0.05, 0.1) is 13.2 Å². The maximum absolute atomic E-state index is 9.04. The van der Waals surface area contributed by atoms with E-state index < -0.39 is 0 Å². The van der Waals surface area contributed by atoms with Crippen molar-refractivity contribution in [2.24, 2.45) is 5.41 Å². The molecule has 2 nitrogen and oxygen atoms in total. The van der Waals surface area contributed by atoms with Crippen molar-refractivity contribution in [3.05, 3.63) is 0 Å². The predicted octanol–water partition coefficient (Wildman–Crippen LogP) is 3.77. The molecular weight excluding hydrogens is 200 g/mol. The second kappa shape index (κ2) is 10.1. The Balaban J connectivity index is 3.10. The summed E-state index contributed by atoms with van der Waals surface area (Å²) in [5.74, 6) is 0. The fourth-order valence-corrected chi connectivity index (χ4v) is 1.56. The molecule has 0 aromatic rings. The fourth-order valence-electron chi connectivity index (χ4n) is 1.56. The smallest absolute Gasteiger partial charge is 0.0539 e. The minimum absolute atomic E-state index is 0.0822. The highest BCUT2D eigenvalue weighted by atomic mass is 16.5. The minimum Gasteiger partial charge on any atom is -0.396 e. The van der Waals surface area contributed by atoms with Crippen molar-refractivity contribution < 1.29 is 9.84 Å². The molecule has 0 aliphatic rings. The van der Waals surface area contributed by atoms with E-state index in [0.717, 1.165) is 13.0 Å². The molecule has 1 N–H and O–H groups in total. The largest absolute Gasteiger partial charge is 0.396 e. The van der Waals surface area contributed by atoms with Gasteiger partial charge in [0.25, 0.3) is 0 Å². The Kier molecular flexibility index (Phi) is 10.0. The highest BCUT2D eigenvalue weighted by Gasteiger charge is 2.15. The van der Waals surface area contributed by atoms with Gasteiger partial charge in [-0.15, -0.1) is 0 Å². The van der Waals surface area contributed by atoms with Crippen LogP contribution in [0.1, 0.15) is 65.7 Å². The van der Waals surface area contributed by atoms with Crippen molar-refractivity contribution in [2.45, 2.75) is 65.7 Å². The molecule has 0 radical (unpaired) electrons. The van der Waals surface area contributed by atoms with E-state index in [0.29, 0.717) is 6.61 Å². The van der Waals surface area contributed by atoms with Gasteiger partial charge in [0.2, 0.25) is 0 Å². The van der Waals surface area contributed by atoms with Crippen molar-refractivity contribution in [3.63, 3.8) is 0 Å². The number of aliphatic hydroxyl groups excluding tert-OH is 1. The van der Waals surface area contributed by atoms with E-state index in [1.165, 1.54) is 38.5 Å². The lowest BCUT2D eigenvalue weighted by atomic mass is 9.97. The zero-order valence-electron chi connectivity index (χ0n) is 11.4. The molecule has 0 fully saturated rings. The number of rotatable bonds is 11. The summed E-state index contributed by atoms with van der Waals surface area (Å²) >= 11 is 0. The lowest BCUT2D eigenvalue weighted by Crippen LogP contribution is -2.23. The van der Waals surface area contributed by atoms with Crippen LogP contribution in [0, 0.1) is 5.41 Å². The standard InChI is InChI=1S/C14H30O2/c1-4-5-6-7-8-9-10-11-16-13-14(2,3)12-15/h15H,4-13H2,1-3H3. The third kappa shape index (κ3) is 10.4. The third-order valence-corrected chi connectivity index (χ3v) is 2.81. The Hall–Kier alpha value is -0.0800. The summed E-state index contributed by atoms with van der Waals surface area (Å²) in [5.41, 5.74) is -0.0822. The first-order chi connectivity index (χ1) is 7.62. The summed E-state index contributed by atoms with van der Waals surface area (Å²) in [5, 5.41) is 9.04. The topological polar surface area (TPSA) is 29.5 Å². The SMILES string of the molecule is CCCCCCCCCOCC(C)(C)CO. The van der Waals surface area contributed by atoms with E-state index in [1.54, 1.807) is 0 Å². The molecule has 0 spiro atoms. The van der Waals surface area contributed by atoms with Crippen LogP contribution < -0.4 is 0 Å². The second-order valence-corrected chi connectivity index (χ2v) is 5.50. The monoisotopic (exact) mass is 230 g/mol. The number of unbranched alkanes of at least 4 members (excludes halogenated alkanes) is 6. The highest BCUT2D eigenvalue weighted by Crippen LogP contribution is 2.14. The van der Waals surface area contributed by atoms with Crippen LogP contribution in [0.15, 0.2) is 0 Å². The molecule has 0 unspecified atom stereocenters. The maximum atomic E-state index is 9.04. The van der Waals surface area contributed by atoms with E-state index in [1.807, 2.05) is 13.8 Å². The van der Waals surface area contributed by atoms with Crippen LogP contribution in [0.25, 0.3) is 0 Å². The van der Waals surface area contributed by atoms with E-state index in [-0.39, 0.29) is 12.0 Å². The van der Waals surface area contributed by atoms with Crippen molar-refractivity contribution >= 4 is 0 Å².